The number of hydrogen-bond acceptors (Lipinski definition) is 4. The quantitative estimate of drug-likeness (QED) is 0.224. The van der Waals surface area contributed by atoms with E-state index in [0.717, 1.165) is 10.6 Å². The molecule has 0 aliphatic carbocycles. The van der Waals surface area contributed by atoms with Gasteiger partial charge in [0.2, 0.25) is 11.0 Å². The van der Waals surface area contributed by atoms with Gasteiger partial charge in [-0.25, -0.2) is 0 Å². The first-order valence-electron chi connectivity index (χ1n) is 19.7. The van der Waals surface area contributed by atoms with Crippen molar-refractivity contribution in [1.82, 2.24) is 0 Å². The molecule has 0 radical (unpaired) electrons. The van der Waals surface area contributed by atoms with Crippen molar-refractivity contribution < 1.29 is 19.1 Å². The fourth-order valence-electron chi connectivity index (χ4n) is 5.58. The van der Waals surface area contributed by atoms with Crippen LogP contribution in [0.1, 0.15) is 200 Å². The van der Waals surface area contributed by atoms with Crippen molar-refractivity contribution in [2.45, 2.75) is 199 Å². The zero-order valence-corrected chi connectivity index (χ0v) is 40.6. The van der Waals surface area contributed by atoms with E-state index in [2.05, 4.69) is 149 Å². The number of ether oxygens (including phenoxy) is 2. The zero-order chi connectivity index (χ0) is 42.6. The molecule has 0 aromatic heterocycles. The van der Waals surface area contributed by atoms with Crippen molar-refractivity contribution in [2.75, 3.05) is 0 Å². The van der Waals surface area contributed by atoms with E-state index in [4.69, 9.17) is 9.47 Å². The predicted molar refractivity (Wildman–Crippen MR) is 239 cm³/mol. The second-order valence-corrected chi connectivity index (χ2v) is 25.6. The van der Waals surface area contributed by atoms with E-state index >= 15 is 0 Å². The van der Waals surface area contributed by atoms with Gasteiger partial charge < -0.3 is 9.47 Å². The minimum absolute atomic E-state index is 0.0786. The average Bonchev–Trinajstić information content (AvgIpc) is 2.91. The summed E-state index contributed by atoms with van der Waals surface area (Å²) >= 11 is 0. The Morgan fingerprint density at radius 2 is 0.574 bits per heavy atom. The van der Waals surface area contributed by atoms with Crippen LogP contribution in [0, 0.1) is 10.8 Å². The summed E-state index contributed by atoms with van der Waals surface area (Å²) in [5, 5.41) is 2.16. The third kappa shape index (κ3) is 12.4. The van der Waals surface area contributed by atoms with Crippen molar-refractivity contribution in [2.24, 2.45) is 10.8 Å². The van der Waals surface area contributed by atoms with Crippen LogP contribution < -0.4 is 10.6 Å². The highest BCUT2D eigenvalue weighted by Gasteiger charge is 2.35. The molecule has 6 heteroatoms. The highest BCUT2D eigenvalue weighted by molar-refractivity contribution is 7.59. The Hall–Kier alpha value is -2.28. The number of esters is 2. The van der Waals surface area contributed by atoms with E-state index in [1.54, 1.807) is 0 Å². The molecule has 0 saturated heterocycles. The summed E-state index contributed by atoms with van der Waals surface area (Å²) in [7, 11) is 1.34. The molecule has 2 aromatic rings. The molecule has 0 N–H and O–H groups in total. The number of hydrogen-bond donors (Lipinski definition) is 0. The minimum Gasteiger partial charge on any atom is -0.417 e. The van der Waals surface area contributed by atoms with Gasteiger partial charge in [-0.05, 0) is 124 Å². The van der Waals surface area contributed by atoms with Crippen LogP contribution in [0.4, 0.5) is 0 Å². The van der Waals surface area contributed by atoms with Gasteiger partial charge in [-0.15, -0.1) is 0 Å². The molecule has 0 heterocycles. The summed E-state index contributed by atoms with van der Waals surface area (Å²) in [5.74, 6) is -0.749. The molecule has 0 saturated carbocycles. The van der Waals surface area contributed by atoms with Crippen molar-refractivity contribution >= 4 is 49.9 Å². The Kier molecular flexibility index (Phi) is 13.8. The largest absolute Gasteiger partial charge is 0.417 e. The minimum atomic E-state index is -0.798. The second-order valence-electron chi connectivity index (χ2n) is 23.5. The Labute approximate surface area is 335 Å². The van der Waals surface area contributed by atoms with Gasteiger partial charge in [0.1, 0.15) is 0 Å². The molecule has 2 rings (SSSR count). The van der Waals surface area contributed by atoms with Gasteiger partial charge >= 0.3 is 11.9 Å². The number of benzene rings is 2. The van der Waals surface area contributed by atoms with Gasteiger partial charge in [-0.3, -0.25) is 9.59 Å². The molecule has 54 heavy (non-hydrogen) atoms. The summed E-state index contributed by atoms with van der Waals surface area (Å²) in [6.45, 7) is 51.6. The van der Waals surface area contributed by atoms with Gasteiger partial charge in [0.25, 0.3) is 0 Å². The molecule has 0 spiro atoms. The lowest BCUT2D eigenvalue weighted by Crippen LogP contribution is -2.36. The van der Waals surface area contributed by atoms with Crippen molar-refractivity contribution in [3.05, 3.63) is 57.6 Å². The molecule has 0 atom stereocenters. The van der Waals surface area contributed by atoms with E-state index in [-0.39, 0.29) is 44.4 Å². The van der Waals surface area contributed by atoms with Crippen molar-refractivity contribution in [3.8, 4) is 0 Å². The number of carbonyl (C=O) groups excluding carboxylic acids is 2. The Bertz CT molecular complexity index is 1580. The maximum Gasteiger partial charge on any atom is 0.317 e. The summed E-state index contributed by atoms with van der Waals surface area (Å²) < 4.78 is 13.1. The third-order valence-corrected chi connectivity index (χ3v) is 12.0. The SMILES string of the molecule is CC(C)(C)C(=O)OC(=Pc1c(C(C)(C)C)cc(C(C)(C)C)cc1C(C)(C)C)C(OC(=O)C(C)(C)C)=Pc1c(C(C)(C)C)cc(C(C)(C)C)cc1C(C)(C)C. The molecule has 0 fully saturated rings. The van der Waals surface area contributed by atoms with Gasteiger partial charge in [0, 0.05) is 10.6 Å². The molecule has 0 unspecified atom stereocenters. The van der Waals surface area contributed by atoms with Gasteiger partial charge in [0.15, 0.2) is 0 Å². The van der Waals surface area contributed by atoms with Crippen LogP contribution in [0.2, 0.25) is 0 Å². The average molecular weight is 779 g/mol. The molecule has 2 aromatic carbocycles. The van der Waals surface area contributed by atoms with Gasteiger partial charge in [0.05, 0.1) is 10.8 Å². The molecular formula is C48H76O4P2. The summed E-state index contributed by atoms with van der Waals surface area (Å²) in [6, 6.07) is 9.33. The number of rotatable bonds is 5. The predicted octanol–water partition coefficient (Wildman–Crippen LogP) is 12.8. The first kappa shape index (κ1) is 47.9. The van der Waals surface area contributed by atoms with E-state index in [1.807, 2.05) is 41.5 Å². The topological polar surface area (TPSA) is 52.6 Å². The van der Waals surface area contributed by atoms with Crippen LogP contribution >= 0.6 is 16.4 Å². The Morgan fingerprint density at radius 1 is 0.370 bits per heavy atom. The summed E-state index contributed by atoms with van der Waals surface area (Å²) in [6.07, 6.45) is 0. The molecule has 0 aliphatic rings. The van der Waals surface area contributed by atoms with E-state index in [0.29, 0.717) is 27.4 Å². The maximum atomic E-state index is 14.1. The first-order valence-corrected chi connectivity index (χ1v) is 21.5. The second kappa shape index (κ2) is 15.6. The normalized spacial score (nSPS) is 14.7. The highest BCUT2D eigenvalue weighted by atomic mass is 31.1. The zero-order valence-electron chi connectivity index (χ0n) is 38.8. The first-order chi connectivity index (χ1) is 23.7. The Morgan fingerprint density at radius 3 is 0.722 bits per heavy atom. The molecular weight excluding hydrogens is 702 g/mol. The molecule has 302 valence electrons. The van der Waals surface area contributed by atoms with Crippen molar-refractivity contribution in [3.63, 3.8) is 0 Å². The van der Waals surface area contributed by atoms with Crippen LogP contribution in [-0.2, 0) is 51.6 Å². The highest BCUT2D eigenvalue weighted by Crippen LogP contribution is 2.38. The van der Waals surface area contributed by atoms with E-state index < -0.39 is 10.8 Å². The fourth-order valence-corrected chi connectivity index (χ4v) is 8.90. The van der Waals surface area contributed by atoms with E-state index in [9.17, 15) is 9.59 Å². The summed E-state index contributed by atoms with van der Waals surface area (Å²) in [4.78, 5) is 28.1. The molecule has 0 amide bonds. The molecule has 0 bridgehead atoms. The van der Waals surface area contributed by atoms with Gasteiger partial charge in [-0.1, -0.05) is 149 Å². The smallest absolute Gasteiger partial charge is 0.317 e. The monoisotopic (exact) mass is 779 g/mol. The lowest BCUT2D eigenvalue weighted by atomic mass is 9.75. The number of carbonyl (C=O) groups is 2. The lowest BCUT2D eigenvalue weighted by Gasteiger charge is -2.33. The third-order valence-electron chi connectivity index (χ3n) is 9.40. The Balaban J connectivity index is 3.49. The van der Waals surface area contributed by atoms with Crippen LogP contribution in [0.15, 0.2) is 24.3 Å². The summed E-state index contributed by atoms with van der Waals surface area (Å²) in [5.41, 5.74) is 5.29. The van der Waals surface area contributed by atoms with Crippen LogP contribution in [-0.4, -0.2) is 22.9 Å². The molecule has 0 aliphatic heterocycles. The standard InChI is InChI=1S/C48H76O4P2/c1-41(2,3)29-25-31(43(7,8)9)35(32(26-29)44(10,11)12)53-37(51-39(49)47(19,20)21)38(52-40(50)48(22,23)24)54-36-33(45(13,14)15)27-30(42(4,5)6)28-34(36)46(16,17)18/h25-28H,1-24H3. The van der Waals surface area contributed by atoms with Crippen molar-refractivity contribution in [1.29, 1.82) is 0 Å². The lowest BCUT2D eigenvalue weighted by molar-refractivity contribution is -0.146. The molecule has 4 nitrogen and oxygen atoms in total. The van der Waals surface area contributed by atoms with Gasteiger partial charge in [-0.2, -0.15) is 0 Å². The van der Waals surface area contributed by atoms with E-state index in [1.165, 1.54) is 33.4 Å². The van der Waals surface area contributed by atoms with Crippen LogP contribution in [0.3, 0.4) is 0 Å². The van der Waals surface area contributed by atoms with Crippen LogP contribution in [0.25, 0.3) is 0 Å². The van der Waals surface area contributed by atoms with Crippen LogP contribution in [0.5, 0.6) is 0 Å². The maximum absolute atomic E-state index is 14.1. The fraction of sp³-hybridized carbons (Fsp3) is 0.667.